The molecule has 0 radical (unpaired) electrons. The minimum absolute atomic E-state index is 0.0325. The van der Waals surface area contributed by atoms with Gasteiger partial charge in [0.05, 0.1) is 10.9 Å². The van der Waals surface area contributed by atoms with Crippen LogP contribution in [-0.2, 0) is 10.0 Å². The first-order valence-corrected chi connectivity index (χ1v) is 8.68. The van der Waals surface area contributed by atoms with E-state index in [-0.39, 0.29) is 16.4 Å². The molecule has 0 aliphatic heterocycles. The zero-order valence-corrected chi connectivity index (χ0v) is 13.0. The Balaban J connectivity index is 1.94. The van der Waals surface area contributed by atoms with Crippen molar-refractivity contribution in [2.24, 2.45) is 5.92 Å². The molecule has 0 saturated heterocycles. The Morgan fingerprint density at radius 2 is 1.74 bits per heavy atom. The van der Waals surface area contributed by atoms with Gasteiger partial charge in [0.25, 0.3) is 0 Å². The zero-order chi connectivity index (χ0) is 16.6. The van der Waals surface area contributed by atoms with E-state index in [2.05, 4.69) is 4.72 Å². The highest BCUT2D eigenvalue weighted by Crippen LogP contribution is 2.42. The molecule has 0 bridgehead atoms. The molecular weight excluding hydrogens is 322 g/mol. The van der Waals surface area contributed by atoms with E-state index in [1.54, 1.807) is 0 Å². The molecule has 4 nitrogen and oxygen atoms in total. The van der Waals surface area contributed by atoms with E-state index in [9.17, 15) is 17.2 Å². The average Bonchev–Trinajstić information content (AvgIpc) is 3.33. The highest BCUT2D eigenvalue weighted by Gasteiger charge is 2.37. The molecular formula is C16H16F2N2O2S. The predicted octanol–water partition coefficient (Wildman–Crippen LogP) is 2.98. The first kappa shape index (κ1) is 15.9. The number of hydrogen-bond acceptors (Lipinski definition) is 3. The Kier molecular flexibility index (Phi) is 4.08. The quantitative estimate of drug-likeness (QED) is 0.823. The number of benzene rings is 2. The lowest BCUT2D eigenvalue weighted by atomic mass is 10.0. The van der Waals surface area contributed by atoms with Gasteiger partial charge in [0.2, 0.25) is 10.0 Å². The fraction of sp³-hybridized carbons (Fsp3) is 0.250. The Morgan fingerprint density at radius 1 is 1.09 bits per heavy atom. The van der Waals surface area contributed by atoms with Crippen molar-refractivity contribution >= 4 is 15.7 Å². The predicted molar refractivity (Wildman–Crippen MR) is 83.0 cm³/mol. The molecule has 1 saturated carbocycles. The van der Waals surface area contributed by atoms with Gasteiger partial charge in [0, 0.05) is 11.3 Å². The molecule has 1 unspecified atom stereocenters. The first-order valence-electron chi connectivity index (χ1n) is 7.19. The average molecular weight is 338 g/mol. The van der Waals surface area contributed by atoms with E-state index in [4.69, 9.17) is 5.73 Å². The summed E-state index contributed by atoms with van der Waals surface area (Å²) < 4.78 is 54.9. The number of anilines is 1. The fourth-order valence-electron chi connectivity index (χ4n) is 2.48. The summed E-state index contributed by atoms with van der Waals surface area (Å²) in [7, 11) is -3.85. The van der Waals surface area contributed by atoms with Gasteiger partial charge in [-0.2, -0.15) is 0 Å². The second kappa shape index (κ2) is 5.90. The number of rotatable bonds is 5. The standard InChI is InChI=1S/C16H16F2N2O2S/c17-11-3-8-15(18)14(9-11)16(10-1-2-10)20-23(21,22)13-6-4-12(19)5-7-13/h3-10,16,20H,1-2,19H2. The number of nitrogens with two attached hydrogens (primary N) is 1. The fourth-order valence-corrected chi connectivity index (χ4v) is 3.76. The van der Waals surface area contributed by atoms with E-state index >= 15 is 0 Å². The molecule has 0 aromatic heterocycles. The third kappa shape index (κ3) is 3.51. The van der Waals surface area contributed by atoms with Crippen molar-refractivity contribution in [1.29, 1.82) is 0 Å². The summed E-state index contributed by atoms with van der Waals surface area (Å²) in [6, 6.07) is 7.99. The van der Waals surface area contributed by atoms with Crippen molar-refractivity contribution in [2.75, 3.05) is 5.73 Å². The van der Waals surface area contributed by atoms with Crippen molar-refractivity contribution in [2.45, 2.75) is 23.8 Å². The zero-order valence-electron chi connectivity index (χ0n) is 12.2. The third-order valence-corrected chi connectivity index (χ3v) is 5.32. The molecule has 7 heteroatoms. The van der Waals surface area contributed by atoms with E-state index in [1.165, 1.54) is 24.3 Å². The van der Waals surface area contributed by atoms with Crippen LogP contribution in [0.4, 0.5) is 14.5 Å². The van der Waals surface area contributed by atoms with Crippen molar-refractivity contribution in [3.8, 4) is 0 Å². The lowest BCUT2D eigenvalue weighted by Gasteiger charge is -2.19. The Labute approximate surface area is 133 Å². The molecule has 3 rings (SSSR count). The number of hydrogen-bond donors (Lipinski definition) is 2. The summed E-state index contributed by atoms with van der Waals surface area (Å²) >= 11 is 0. The lowest BCUT2D eigenvalue weighted by Crippen LogP contribution is -2.30. The van der Waals surface area contributed by atoms with Crippen LogP contribution in [-0.4, -0.2) is 8.42 Å². The van der Waals surface area contributed by atoms with Crippen LogP contribution in [0.5, 0.6) is 0 Å². The topological polar surface area (TPSA) is 72.2 Å². The van der Waals surface area contributed by atoms with Crippen LogP contribution in [0.15, 0.2) is 47.4 Å². The summed E-state index contributed by atoms with van der Waals surface area (Å²) in [6.07, 6.45) is 1.54. The highest BCUT2D eigenvalue weighted by molar-refractivity contribution is 7.89. The minimum atomic E-state index is -3.85. The molecule has 2 aromatic rings. The van der Waals surface area contributed by atoms with Crippen molar-refractivity contribution in [3.05, 3.63) is 59.7 Å². The smallest absolute Gasteiger partial charge is 0.241 e. The molecule has 1 fully saturated rings. The molecule has 23 heavy (non-hydrogen) atoms. The van der Waals surface area contributed by atoms with Gasteiger partial charge in [-0.25, -0.2) is 21.9 Å². The second-order valence-electron chi connectivity index (χ2n) is 5.67. The van der Waals surface area contributed by atoms with E-state index in [0.717, 1.165) is 31.0 Å². The van der Waals surface area contributed by atoms with Crippen LogP contribution in [0.3, 0.4) is 0 Å². The molecule has 1 atom stereocenters. The number of halogens is 2. The summed E-state index contributed by atoms with van der Waals surface area (Å²) in [5.74, 6) is -1.25. The van der Waals surface area contributed by atoms with Crippen LogP contribution in [0.1, 0.15) is 24.4 Å². The molecule has 0 spiro atoms. The second-order valence-corrected chi connectivity index (χ2v) is 7.39. The Morgan fingerprint density at radius 3 is 2.35 bits per heavy atom. The van der Waals surface area contributed by atoms with Gasteiger partial charge in [-0.1, -0.05) is 0 Å². The number of nitrogens with one attached hydrogen (secondary N) is 1. The minimum Gasteiger partial charge on any atom is -0.399 e. The number of nitrogen functional groups attached to an aromatic ring is 1. The molecule has 1 aliphatic rings. The van der Waals surface area contributed by atoms with Crippen LogP contribution < -0.4 is 10.5 Å². The summed E-state index contributed by atoms with van der Waals surface area (Å²) in [5, 5.41) is 0. The summed E-state index contributed by atoms with van der Waals surface area (Å²) in [6.45, 7) is 0. The van der Waals surface area contributed by atoms with Gasteiger partial charge in [-0.3, -0.25) is 0 Å². The highest BCUT2D eigenvalue weighted by atomic mass is 32.2. The van der Waals surface area contributed by atoms with Gasteiger partial charge in [0.15, 0.2) is 0 Å². The molecule has 3 N–H and O–H groups in total. The van der Waals surface area contributed by atoms with Gasteiger partial charge in [-0.15, -0.1) is 0 Å². The van der Waals surface area contributed by atoms with Gasteiger partial charge < -0.3 is 5.73 Å². The van der Waals surface area contributed by atoms with Gasteiger partial charge >= 0.3 is 0 Å². The van der Waals surface area contributed by atoms with E-state index in [1.807, 2.05) is 0 Å². The Hall–Kier alpha value is -1.99. The lowest BCUT2D eigenvalue weighted by molar-refractivity contribution is 0.498. The largest absolute Gasteiger partial charge is 0.399 e. The molecule has 0 amide bonds. The number of sulfonamides is 1. The van der Waals surface area contributed by atoms with Crippen molar-refractivity contribution in [3.63, 3.8) is 0 Å². The molecule has 0 heterocycles. The maximum atomic E-state index is 14.0. The molecule has 2 aromatic carbocycles. The van der Waals surface area contributed by atoms with Crippen LogP contribution in [0.2, 0.25) is 0 Å². The van der Waals surface area contributed by atoms with Crippen molar-refractivity contribution in [1.82, 2.24) is 4.72 Å². The Bertz CT molecular complexity index is 818. The third-order valence-electron chi connectivity index (χ3n) is 3.86. The molecule has 1 aliphatic carbocycles. The first-order chi connectivity index (χ1) is 10.9. The maximum Gasteiger partial charge on any atom is 0.241 e. The van der Waals surface area contributed by atoms with Crippen LogP contribution in [0, 0.1) is 17.6 Å². The summed E-state index contributed by atoms with van der Waals surface area (Å²) in [5.41, 5.74) is 6.03. The van der Waals surface area contributed by atoms with Gasteiger partial charge in [-0.05, 0) is 61.2 Å². The maximum absolute atomic E-state index is 14.0. The van der Waals surface area contributed by atoms with Crippen molar-refractivity contribution < 1.29 is 17.2 Å². The normalized spacial score (nSPS) is 16.3. The van der Waals surface area contributed by atoms with Gasteiger partial charge in [0.1, 0.15) is 11.6 Å². The molecule has 122 valence electrons. The van der Waals surface area contributed by atoms with Crippen LogP contribution in [0.25, 0.3) is 0 Å². The SMILES string of the molecule is Nc1ccc(S(=O)(=O)NC(c2cc(F)ccc2F)C2CC2)cc1. The van der Waals surface area contributed by atoms with E-state index < -0.39 is 27.7 Å². The monoisotopic (exact) mass is 338 g/mol. The van der Waals surface area contributed by atoms with E-state index in [0.29, 0.717) is 5.69 Å². The van der Waals surface area contributed by atoms with Crippen LogP contribution >= 0.6 is 0 Å². The summed E-state index contributed by atoms with van der Waals surface area (Å²) in [4.78, 5) is 0.0363.